The van der Waals surface area contributed by atoms with Gasteiger partial charge in [-0.25, -0.2) is 9.97 Å². The fraction of sp³-hybridized carbons (Fsp3) is 0.429. The number of aryl methyl sites for hydroxylation is 1. The highest BCUT2D eigenvalue weighted by molar-refractivity contribution is 5.94. The van der Waals surface area contributed by atoms with Crippen molar-refractivity contribution in [3.63, 3.8) is 0 Å². The van der Waals surface area contributed by atoms with Crippen molar-refractivity contribution in [2.24, 2.45) is 0 Å². The minimum atomic E-state index is -0.0796. The summed E-state index contributed by atoms with van der Waals surface area (Å²) in [5, 5.41) is 9.11. The zero-order chi connectivity index (χ0) is 19.0. The van der Waals surface area contributed by atoms with Gasteiger partial charge < -0.3 is 9.80 Å². The van der Waals surface area contributed by atoms with Crippen LogP contribution in [0.4, 0.5) is 5.95 Å². The normalized spacial score (nSPS) is 21.0. The van der Waals surface area contributed by atoms with E-state index < -0.39 is 0 Å². The zero-order valence-electron chi connectivity index (χ0n) is 15.8. The molecule has 1 aliphatic carbocycles. The number of carbonyl (C=O) groups is 1. The van der Waals surface area contributed by atoms with E-state index in [1.165, 1.54) is 5.56 Å². The minimum absolute atomic E-state index is 0.00140. The third-order valence-electron chi connectivity index (χ3n) is 5.73. The van der Waals surface area contributed by atoms with Crippen molar-refractivity contribution >= 4 is 11.9 Å². The maximum atomic E-state index is 13.1. The lowest BCUT2D eigenvalue weighted by Crippen LogP contribution is -2.48. The molecule has 1 aromatic carbocycles. The number of anilines is 1. The molecule has 27 heavy (non-hydrogen) atoms. The van der Waals surface area contributed by atoms with Crippen molar-refractivity contribution in [1.82, 2.24) is 14.9 Å². The van der Waals surface area contributed by atoms with Crippen LogP contribution >= 0.6 is 0 Å². The molecule has 1 atom stereocenters. The van der Waals surface area contributed by atoms with Gasteiger partial charge in [0.15, 0.2) is 0 Å². The van der Waals surface area contributed by atoms with Crippen LogP contribution in [0.2, 0.25) is 0 Å². The van der Waals surface area contributed by atoms with Crippen molar-refractivity contribution in [1.29, 1.82) is 5.26 Å². The van der Waals surface area contributed by atoms with Gasteiger partial charge in [0, 0.05) is 44.4 Å². The standard InChI is InChI=1S/C21H23N5O/c1-25(2)20-23-13-17-7-9-21(18(17)24-20)8-4-10-26(14-21)19(27)16-6-3-5-15(11-16)12-22/h3,5-6,11,13H,4,7-10,14H2,1-2H3. The highest BCUT2D eigenvalue weighted by atomic mass is 16.2. The molecule has 1 saturated heterocycles. The number of nitrogens with zero attached hydrogens (tertiary/aromatic N) is 5. The number of rotatable bonds is 2. The summed E-state index contributed by atoms with van der Waals surface area (Å²) in [6.45, 7) is 1.43. The third kappa shape index (κ3) is 3.03. The van der Waals surface area contributed by atoms with Crippen LogP contribution in [0.25, 0.3) is 0 Å². The second-order valence-corrected chi connectivity index (χ2v) is 7.74. The Hall–Kier alpha value is -2.94. The number of nitriles is 1. The minimum Gasteiger partial charge on any atom is -0.347 e. The molecule has 138 valence electrons. The summed E-state index contributed by atoms with van der Waals surface area (Å²) >= 11 is 0. The van der Waals surface area contributed by atoms with E-state index >= 15 is 0 Å². The van der Waals surface area contributed by atoms with Gasteiger partial charge in [0.25, 0.3) is 5.91 Å². The molecule has 2 heterocycles. The van der Waals surface area contributed by atoms with Crippen LogP contribution in [0, 0.1) is 11.3 Å². The SMILES string of the molecule is CN(C)c1ncc2c(n1)C1(CCCN(C(=O)c3cccc(C#N)c3)C1)CC2. The lowest BCUT2D eigenvalue weighted by Gasteiger charge is -2.40. The van der Waals surface area contributed by atoms with E-state index in [1.54, 1.807) is 24.3 Å². The van der Waals surface area contributed by atoms with Crippen LogP contribution in [0.3, 0.4) is 0 Å². The van der Waals surface area contributed by atoms with Crippen molar-refractivity contribution in [3.8, 4) is 6.07 Å². The highest BCUT2D eigenvalue weighted by Crippen LogP contribution is 2.44. The molecular weight excluding hydrogens is 338 g/mol. The van der Waals surface area contributed by atoms with Crippen molar-refractivity contribution in [2.45, 2.75) is 31.1 Å². The van der Waals surface area contributed by atoms with Gasteiger partial charge in [-0.15, -0.1) is 0 Å². The Kier molecular flexibility index (Phi) is 4.31. The summed E-state index contributed by atoms with van der Waals surface area (Å²) in [7, 11) is 3.89. The summed E-state index contributed by atoms with van der Waals surface area (Å²) in [5.74, 6) is 0.724. The van der Waals surface area contributed by atoms with Crippen LogP contribution in [0.1, 0.15) is 46.4 Å². The molecule has 1 fully saturated rings. The van der Waals surface area contributed by atoms with E-state index in [0.717, 1.165) is 43.9 Å². The average Bonchev–Trinajstić information content (AvgIpc) is 3.04. The zero-order valence-corrected chi connectivity index (χ0v) is 15.8. The van der Waals surface area contributed by atoms with Gasteiger partial charge in [-0.05, 0) is 49.4 Å². The van der Waals surface area contributed by atoms with E-state index in [4.69, 9.17) is 10.2 Å². The first-order valence-corrected chi connectivity index (χ1v) is 9.36. The smallest absolute Gasteiger partial charge is 0.253 e. The summed E-state index contributed by atoms with van der Waals surface area (Å²) < 4.78 is 0. The van der Waals surface area contributed by atoms with E-state index in [9.17, 15) is 4.79 Å². The van der Waals surface area contributed by atoms with Crippen molar-refractivity contribution in [2.75, 3.05) is 32.1 Å². The van der Waals surface area contributed by atoms with Crippen molar-refractivity contribution < 1.29 is 4.79 Å². The number of hydrogen-bond acceptors (Lipinski definition) is 5. The lowest BCUT2D eigenvalue weighted by molar-refractivity contribution is 0.0633. The fourth-order valence-corrected chi connectivity index (χ4v) is 4.35. The molecule has 1 aromatic heterocycles. The largest absolute Gasteiger partial charge is 0.347 e. The molecule has 0 bridgehead atoms. The van der Waals surface area contributed by atoms with Gasteiger partial charge in [-0.1, -0.05) is 6.07 Å². The maximum absolute atomic E-state index is 13.1. The Balaban J connectivity index is 1.64. The Morgan fingerprint density at radius 3 is 2.96 bits per heavy atom. The molecule has 0 N–H and O–H groups in total. The average molecular weight is 361 g/mol. The molecule has 0 radical (unpaired) electrons. The predicted octanol–water partition coefficient (Wildman–Crippen LogP) is 2.53. The number of likely N-dealkylation sites (tertiary alicyclic amines) is 1. The van der Waals surface area contributed by atoms with Gasteiger partial charge in [-0.2, -0.15) is 5.26 Å². The lowest BCUT2D eigenvalue weighted by atomic mass is 9.77. The highest BCUT2D eigenvalue weighted by Gasteiger charge is 2.45. The predicted molar refractivity (Wildman–Crippen MR) is 103 cm³/mol. The molecule has 1 spiro atoms. The molecule has 6 nitrogen and oxygen atoms in total. The van der Waals surface area contributed by atoms with Crippen LogP contribution < -0.4 is 4.90 Å². The molecule has 2 aromatic rings. The number of piperidine rings is 1. The monoisotopic (exact) mass is 361 g/mol. The van der Waals surface area contributed by atoms with Crippen LogP contribution in [0.15, 0.2) is 30.5 Å². The number of benzene rings is 1. The number of amides is 1. The molecular formula is C21H23N5O. The van der Waals surface area contributed by atoms with E-state index in [-0.39, 0.29) is 11.3 Å². The maximum Gasteiger partial charge on any atom is 0.253 e. The number of fused-ring (bicyclic) bond motifs is 2. The number of carbonyl (C=O) groups excluding carboxylic acids is 1. The second-order valence-electron chi connectivity index (χ2n) is 7.74. The molecule has 1 amide bonds. The first-order valence-electron chi connectivity index (χ1n) is 9.36. The summed E-state index contributed by atoms with van der Waals surface area (Å²) in [5.41, 5.74) is 3.35. The summed E-state index contributed by atoms with van der Waals surface area (Å²) in [4.78, 5) is 26.2. The van der Waals surface area contributed by atoms with E-state index in [2.05, 4.69) is 11.1 Å². The Labute approximate surface area is 159 Å². The Morgan fingerprint density at radius 1 is 1.33 bits per heavy atom. The van der Waals surface area contributed by atoms with Crippen LogP contribution in [-0.2, 0) is 11.8 Å². The van der Waals surface area contributed by atoms with Crippen LogP contribution in [-0.4, -0.2) is 48.0 Å². The quantitative estimate of drug-likeness (QED) is 0.822. The Bertz CT molecular complexity index is 928. The van der Waals surface area contributed by atoms with Crippen LogP contribution in [0.5, 0.6) is 0 Å². The van der Waals surface area contributed by atoms with Gasteiger partial charge in [0.1, 0.15) is 0 Å². The third-order valence-corrected chi connectivity index (χ3v) is 5.73. The second kappa shape index (κ2) is 6.66. The van der Waals surface area contributed by atoms with Gasteiger partial charge in [-0.3, -0.25) is 4.79 Å². The summed E-state index contributed by atoms with van der Waals surface area (Å²) in [6.07, 6.45) is 5.94. The number of hydrogen-bond donors (Lipinski definition) is 0. The van der Waals surface area contributed by atoms with Gasteiger partial charge >= 0.3 is 0 Å². The molecule has 6 heteroatoms. The fourth-order valence-electron chi connectivity index (χ4n) is 4.35. The first kappa shape index (κ1) is 17.5. The van der Waals surface area contributed by atoms with Gasteiger partial charge in [0.05, 0.1) is 17.3 Å². The molecule has 4 rings (SSSR count). The van der Waals surface area contributed by atoms with E-state index in [0.29, 0.717) is 17.7 Å². The molecule has 1 aliphatic heterocycles. The molecule has 0 saturated carbocycles. The molecule has 2 aliphatic rings. The van der Waals surface area contributed by atoms with Crippen molar-refractivity contribution in [3.05, 3.63) is 52.8 Å². The van der Waals surface area contributed by atoms with E-state index in [1.807, 2.05) is 30.1 Å². The number of aromatic nitrogens is 2. The summed E-state index contributed by atoms with van der Waals surface area (Å²) in [6, 6.07) is 9.08. The van der Waals surface area contributed by atoms with Gasteiger partial charge in [0.2, 0.25) is 5.95 Å². The first-order chi connectivity index (χ1) is 13.0. The molecule has 1 unspecified atom stereocenters. The Morgan fingerprint density at radius 2 is 2.19 bits per heavy atom. The topological polar surface area (TPSA) is 73.1 Å².